The van der Waals surface area contributed by atoms with Gasteiger partial charge in [-0.3, -0.25) is 0 Å². The standard InChI is InChI=1S/C5H3BrF3NO/c1-2-3(5(7,8)9)10-4(6)11-2/h1H3. The molecule has 1 heterocycles. The van der Waals surface area contributed by atoms with Crippen molar-refractivity contribution in [2.24, 2.45) is 0 Å². The largest absolute Gasteiger partial charge is 0.436 e. The molecular weight excluding hydrogens is 227 g/mol. The molecule has 11 heavy (non-hydrogen) atoms. The van der Waals surface area contributed by atoms with E-state index in [0.29, 0.717) is 0 Å². The fraction of sp³-hybridized carbons (Fsp3) is 0.400. The van der Waals surface area contributed by atoms with Gasteiger partial charge < -0.3 is 4.42 Å². The van der Waals surface area contributed by atoms with Crippen LogP contribution in [0.1, 0.15) is 11.5 Å². The molecule has 0 N–H and O–H groups in total. The molecule has 62 valence electrons. The number of alkyl halides is 3. The van der Waals surface area contributed by atoms with Crippen LogP contribution in [0.3, 0.4) is 0 Å². The maximum atomic E-state index is 11.9. The summed E-state index contributed by atoms with van der Waals surface area (Å²) in [4.78, 5) is 2.96. The van der Waals surface area contributed by atoms with Crippen LogP contribution in [0, 0.1) is 6.92 Å². The molecule has 2 nitrogen and oxygen atoms in total. The molecule has 0 aromatic carbocycles. The summed E-state index contributed by atoms with van der Waals surface area (Å²) in [6, 6.07) is 0. The van der Waals surface area contributed by atoms with E-state index < -0.39 is 11.9 Å². The smallest absolute Gasteiger partial charge is 0.436 e. The molecule has 6 heteroatoms. The lowest BCUT2D eigenvalue weighted by Gasteiger charge is -2.00. The Morgan fingerprint density at radius 3 is 2.18 bits per heavy atom. The molecule has 0 amide bonds. The second kappa shape index (κ2) is 2.51. The summed E-state index contributed by atoms with van der Waals surface area (Å²) in [5, 5.41) is 0. The average molecular weight is 230 g/mol. The fourth-order valence-corrected chi connectivity index (χ4v) is 1.05. The van der Waals surface area contributed by atoms with E-state index in [-0.39, 0.29) is 10.6 Å². The predicted octanol–water partition coefficient (Wildman–Crippen LogP) is 2.76. The quantitative estimate of drug-likeness (QED) is 0.684. The van der Waals surface area contributed by atoms with E-state index >= 15 is 0 Å². The fourth-order valence-electron chi connectivity index (χ4n) is 0.627. The summed E-state index contributed by atoms with van der Waals surface area (Å²) in [5.74, 6) is -0.232. The van der Waals surface area contributed by atoms with Gasteiger partial charge in [0.25, 0.3) is 4.80 Å². The van der Waals surface area contributed by atoms with Crippen LogP contribution < -0.4 is 0 Å². The van der Waals surface area contributed by atoms with Crippen molar-refractivity contribution in [1.29, 1.82) is 0 Å². The van der Waals surface area contributed by atoms with Crippen LogP contribution in [0.4, 0.5) is 13.2 Å². The molecular formula is C5H3BrF3NO. The summed E-state index contributed by atoms with van der Waals surface area (Å²) < 4.78 is 40.3. The van der Waals surface area contributed by atoms with Gasteiger partial charge in [0.2, 0.25) is 0 Å². The highest BCUT2D eigenvalue weighted by molar-refractivity contribution is 9.10. The predicted molar refractivity (Wildman–Crippen MR) is 33.9 cm³/mol. The van der Waals surface area contributed by atoms with Crippen molar-refractivity contribution in [1.82, 2.24) is 4.98 Å². The molecule has 1 aromatic rings. The SMILES string of the molecule is Cc1oc(Br)nc1C(F)(F)F. The number of rotatable bonds is 0. The van der Waals surface area contributed by atoms with E-state index in [1.54, 1.807) is 0 Å². The topological polar surface area (TPSA) is 26.0 Å². The van der Waals surface area contributed by atoms with E-state index in [9.17, 15) is 13.2 Å². The average Bonchev–Trinajstić information content (AvgIpc) is 2.08. The van der Waals surface area contributed by atoms with Gasteiger partial charge >= 0.3 is 6.18 Å². The lowest BCUT2D eigenvalue weighted by molar-refractivity contribution is -0.141. The van der Waals surface area contributed by atoms with Crippen LogP contribution in [0.15, 0.2) is 9.22 Å². The van der Waals surface area contributed by atoms with Gasteiger partial charge in [-0.1, -0.05) is 0 Å². The first-order valence-corrected chi connectivity index (χ1v) is 3.40. The molecule has 0 atom stereocenters. The van der Waals surface area contributed by atoms with Gasteiger partial charge in [0, 0.05) is 15.9 Å². The van der Waals surface area contributed by atoms with Gasteiger partial charge in [0.15, 0.2) is 5.69 Å². The monoisotopic (exact) mass is 229 g/mol. The summed E-state index contributed by atoms with van der Waals surface area (Å²) >= 11 is 2.70. The second-order valence-corrected chi connectivity index (χ2v) is 2.55. The third-order valence-electron chi connectivity index (χ3n) is 1.04. The number of aryl methyl sites for hydroxylation is 1. The zero-order chi connectivity index (χ0) is 8.65. The van der Waals surface area contributed by atoms with Gasteiger partial charge in [-0.15, -0.1) is 0 Å². The number of halogens is 4. The maximum Gasteiger partial charge on any atom is 0.436 e. The van der Waals surface area contributed by atoms with Gasteiger partial charge in [-0.25, -0.2) is 0 Å². The molecule has 1 aromatic heterocycles. The highest BCUT2D eigenvalue weighted by Crippen LogP contribution is 2.32. The Morgan fingerprint density at radius 2 is 2.00 bits per heavy atom. The molecule has 0 saturated heterocycles. The lowest BCUT2D eigenvalue weighted by Crippen LogP contribution is -2.06. The first-order valence-electron chi connectivity index (χ1n) is 2.61. The van der Waals surface area contributed by atoms with Crippen molar-refractivity contribution in [2.45, 2.75) is 13.1 Å². The number of hydrogen-bond acceptors (Lipinski definition) is 2. The minimum Gasteiger partial charge on any atom is -0.436 e. The molecule has 0 aliphatic rings. The number of oxazole rings is 1. The molecule has 0 aliphatic heterocycles. The molecule has 0 saturated carbocycles. The van der Waals surface area contributed by atoms with Crippen LogP contribution in [0.25, 0.3) is 0 Å². The minimum atomic E-state index is -4.43. The van der Waals surface area contributed by atoms with Crippen LogP contribution >= 0.6 is 15.9 Å². The first kappa shape index (κ1) is 8.58. The van der Waals surface area contributed by atoms with E-state index in [0.717, 1.165) is 0 Å². The lowest BCUT2D eigenvalue weighted by atomic mass is 10.4. The normalized spacial score (nSPS) is 12.1. The summed E-state index contributed by atoms with van der Waals surface area (Å²) in [7, 11) is 0. The van der Waals surface area contributed by atoms with Gasteiger partial charge in [-0.05, 0) is 6.92 Å². The van der Waals surface area contributed by atoms with Crippen LogP contribution in [-0.2, 0) is 6.18 Å². The van der Waals surface area contributed by atoms with Gasteiger partial charge in [-0.2, -0.15) is 18.2 Å². The number of hydrogen-bond donors (Lipinski definition) is 0. The Morgan fingerprint density at radius 1 is 1.45 bits per heavy atom. The molecule has 0 spiro atoms. The second-order valence-electron chi connectivity index (χ2n) is 1.87. The summed E-state index contributed by atoms with van der Waals surface area (Å²) in [6.45, 7) is 1.21. The highest BCUT2D eigenvalue weighted by atomic mass is 79.9. The Bertz CT molecular complexity index is 267. The Hall–Kier alpha value is -0.520. The van der Waals surface area contributed by atoms with E-state index in [2.05, 4.69) is 25.3 Å². The minimum absolute atomic E-state index is 0.151. The molecule has 0 fully saturated rings. The number of aromatic nitrogens is 1. The van der Waals surface area contributed by atoms with Crippen molar-refractivity contribution in [3.63, 3.8) is 0 Å². The molecule has 0 unspecified atom stereocenters. The molecule has 1 rings (SSSR count). The Labute approximate surface area is 68.5 Å². The summed E-state index contributed by atoms with van der Waals surface area (Å²) in [5.41, 5.74) is -0.982. The molecule has 0 radical (unpaired) electrons. The number of nitrogens with zero attached hydrogens (tertiary/aromatic N) is 1. The van der Waals surface area contributed by atoms with Crippen molar-refractivity contribution < 1.29 is 17.6 Å². The van der Waals surface area contributed by atoms with Crippen molar-refractivity contribution >= 4 is 15.9 Å². The van der Waals surface area contributed by atoms with Crippen LogP contribution in [-0.4, -0.2) is 4.98 Å². The van der Waals surface area contributed by atoms with Crippen molar-refractivity contribution in [3.05, 3.63) is 16.3 Å². The zero-order valence-electron chi connectivity index (χ0n) is 5.37. The van der Waals surface area contributed by atoms with E-state index in [4.69, 9.17) is 0 Å². The van der Waals surface area contributed by atoms with Gasteiger partial charge in [0.05, 0.1) is 0 Å². The zero-order valence-corrected chi connectivity index (χ0v) is 6.95. The Balaban J connectivity index is 3.13. The highest BCUT2D eigenvalue weighted by Gasteiger charge is 2.37. The van der Waals surface area contributed by atoms with E-state index in [1.807, 2.05) is 0 Å². The first-order chi connectivity index (χ1) is 4.91. The third-order valence-corrected chi connectivity index (χ3v) is 1.38. The van der Waals surface area contributed by atoms with Crippen LogP contribution in [0.2, 0.25) is 0 Å². The molecule has 0 aliphatic carbocycles. The van der Waals surface area contributed by atoms with Crippen molar-refractivity contribution in [2.75, 3.05) is 0 Å². The van der Waals surface area contributed by atoms with Gasteiger partial charge in [0.1, 0.15) is 5.76 Å². The van der Waals surface area contributed by atoms with Crippen LogP contribution in [0.5, 0.6) is 0 Å². The maximum absolute atomic E-state index is 11.9. The summed E-state index contributed by atoms with van der Waals surface area (Å²) in [6.07, 6.45) is -4.43. The molecule has 0 bridgehead atoms. The third kappa shape index (κ3) is 1.74. The van der Waals surface area contributed by atoms with Crippen molar-refractivity contribution in [3.8, 4) is 0 Å². The Kier molecular flexibility index (Phi) is 1.96. The van der Waals surface area contributed by atoms with E-state index in [1.165, 1.54) is 6.92 Å².